The maximum Gasteiger partial charge on any atom is 0.338 e. The molecule has 192 valence electrons. The number of hydrogen-bond acceptors (Lipinski definition) is 7. The number of carbonyl (C=O) groups excluding carboxylic acids is 3. The minimum absolute atomic E-state index is 0.340. The van der Waals surface area contributed by atoms with Gasteiger partial charge in [0.15, 0.2) is 11.7 Å². The molecule has 0 spiro atoms. The summed E-state index contributed by atoms with van der Waals surface area (Å²) in [6.45, 7) is 5.25. The van der Waals surface area contributed by atoms with Gasteiger partial charge in [0.2, 0.25) is 0 Å². The smallest absolute Gasteiger partial charge is 0.338 e. The highest BCUT2D eigenvalue weighted by atomic mass is 16.7. The van der Waals surface area contributed by atoms with Crippen LogP contribution < -0.4 is 0 Å². The van der Waals surface area contributed by atoms with Crippen LogP contribution in [0.4, 0.5) is 0 Å². The number of benzene rings is 3. The molecule has 0 amide bonds. The fourth-order valence-electron chi connectivity index (χ4n) is 4.54. The zero-order valence-electron chi connectivity index (χ0n) is 21.0. The third-order valence-corrected chi connectivity index (χ3v) is 6.53. The van der Waals surface area contributed by atoms with Gasteiger partial charge >= 0.3 is 17.9 Å². The molecule has 0 bridgehead atoms. The summed E-state index contributed by atoms with van der Waals surface area (Å²) in [5, 5.41) is 0. The Kier molecular flexibility index (Phi) is 8.04. The Bertz CT molecular complexity index is 1210. The van der Waals surface area contributed by atoms with Gasteiger partial charge < -0.3 is 18.9 Å². The predicted molar refractivity (Wildman–Crippen MR) is 136 cm³/mol. The Morgan fingerprint density at radius 3 is 1.73 bits per heavy atom. The zero-order chi connectivity index (χ0) is 26.4. The third kappa shape index (κ3) is 5.73. The second-order valence-corrected chi connectivity index (χ2v) is 9.11. The Labute approximate surface area is 216 Å². The van der Waals surface area contributed by atoms with Crippen molar-refractivity contribution in [3.63, 3.8) is 0 Å². The molecule has 3 aromatic rings. The third-order valence-electron chi connectivity index (χ3n) is 6.53. The lowest BCUT2D eigenvalue weighted by atomic mass is 9.89. The van der Waals surface area contributed by atoms with Crippen LogP contribution in [0.1, 0.15) is 58.3 Å². The highest BCUT2D eigenvalue weighted by molar-refractivity contribution is 5.91. The first-order valence-electron chi connectivity index (χ1n) is 12.3. The number of ether oxygens (including phenoxy) is 4. The summed E-state index contributed by atoms with van der Waals surface area (Å²) < 4.78 is 24.0. The van der Waals surface area contributed by atoms with Crippen molar-refractivity contribution in [3.05, 3.63) is 108 Å². The molecule has 0 aromatic heterocycles. The molecular weight excluding hydrogens is 472 g/mol. The second kappa shape index (κ2) is 11.4. The van der Waals surface area contributed by atoms with E-state index in [1.807, 2.05) is 6.92 Å². The molecular formula is C30H30O7. The quantitative estimate of drug-likeness (QED) is 0.307. The summed E-state index contributed by atoms with van der Waals surface area (Å²) in [6.07, 6.45) is -2.88. The summed E-state index contributed by atoms with van der Waals surface area (Å²) >= 11 is 0. The van der Waals surface area contributed by atoms with Gasteiger partial charge in [0.05, 0.1) is 16.7 Å². The van der Waals surface area contributed by atoms with Crippen LogP contribution in [0.25, 0.3) is 0 Å². The van der Waals surface area contributed by atoms with E-state index in [4.69, 9.17) is 18.9 Å². The second-order valence-electron chi connectivity index (χ2n) is 9.11. The number of hydrogen-bond donors (Lipinski definition) is 0. The van der Waals surface area contributed by atoms with Crippen molar-refractivity contribution >= 4 is 17.9 Å². The van der Waals surface area contributed by atoms with Crippen molar-refractivity contribution in [3.8, 4) is 0 Å². The first kappa shape index (κ1) is 26.1. The van der Waals surface area contributed by atoms with Gasteiger partial charge in [-0.3, -0.25) is 0 Å². The lowest BCUT2D eigenvalue weighted by molar-refractivity contribution is -0.0901. The number of carbonyl (C=O) groups is 3. The van der Waals surface area contributed by atoms with E-state index >= 15 is 0 Å². The zero-order valence-corrected chi connectivity index (χ0v) is 21.0. The van der Waals surface area contributed by atoms with Crippen molar-refractivity contribution in [1.82, 2.24) is 0 Å². The molecule has 1 aliphatic rings. The molecule has 1 aliphatic heterocycles. The van der Waals surface area contributed by atoms with Gasteiger partial charge in [-0.05, 0) is 56.7 Å². The number of rotatable bonds is 8. The molecule has 37 heavy (non-hydrogen) atoms. The van der Waals surface area contributed by atoms with E-state index in [-0.39, 0.29) is 0 Å². The van der Waals surface area contributed by atoms with Crippen molar-refractivity contribution in [2.45, 2.75) is 57.2 Å². The molecule has 0 aliphatic carbocycles. The summed E-state index contributed by atoms with van der Waals surface area (Å²) in [6, 6.07) is 25.7. The lowest BCUT2D eigenvalue weighted by Crippen LogP contribution is -2.52. The molecule has 7 nitrogen and oxygen atoms in total. The predicted octanol–water partition coefficient (Wildman–Crippen LogP) is 5.25. The van der Waals surface area contributed by atoms with Gasteiger partial charge in [0.25, 0.3) is 0 Å². The SMILES string of the molecule is CCC1OC(C(C)OC(=O)c2ccccc2)C(OC(=O)c2ccccc2)C1(C)OC(=O)c1ccccc1. The minimum atomic E-state index is -1.34. The van der Waals surface area contributed by atoms with Crippen LogP contribution in [-0.2, 0) is 18.9 Å². The molecule has 1 fully saturated rings. The standard InChI is InChI=1S/C30H30O7/c1-4-24-30(3,37-29(33)23-18-12-7-13-19-23)26(36-28(32)22-16-10-6-11-17-22)25(35-24)20(2)34-27(31)21-14-8-5-9-15-21/h5-20,24-26H,4H2,1-3H3. The summed E-state index contributed by atoms with van der Waals surface area (Å²) in [4.78, 5) is 39.0. The molecule has 4 rings (SSSR count). The van der Waals surface area contributed by atoms with Crippen LogP contribution in [0, 0.1) is 0 Å². The maximum atomic E-state index is 13.1. The van der Waals surface area contributed by atoms with E-state index in [9.17, 15) is 14.4 Å². The summed E-state index contributed by atoms with van der Waals surface area (Å²) in [5.74, 6) is -1.70. The van der Waals surface area contributed by atoms with Crippen LogP contribution >= 0.6 is 0 Å². The largest absolute Gasteiger partial charge is 0.456 e. The van der Waals surface area contributed by atoms with Crippen LogP contribution in [0.3, 0.4) is 0 Å². The monoisotopic (exact) mass is 502 g/mol. The van der Waals surface area contributed by atoms with Gasteiger partial charge in [-0.15, -0.1) is 0 Å². The fraction of sp³-hybridized carbons (Fsp3) is 0.300. The highest BCUT2D eigenvalue weighted by Crippen LogP contribution is 2.41. The summed E-state index contributed by atoms with van der Waals surface area (Å²) in [5.41, 5.74) is -0.259. The van der Waals surface area contributed by atoms with Gasteiger partial charge in [-0.25, -0.2) is 14.4 Å². The van der Waals surface area contributed by atoms with Crippen LogP contribution in [0.2, 0.25) is 0 Å². The molecule has 5 unspecified atom stereocenters. The van der Waals surface area contributed by atoms with Crippen LogP contribution in [0.15, 0.2) is 91.0 Å². The van der Waals surface area contributed by atoms with Crippen LogP contribution in [0.5, 0.6) is 0 Å². The topological polar surface area (TPSA) is 88.1 Å². The molecule has 5 atom stereocenters. The summed E-state index contributed by atoms with van der Waals surface area (Å²) in [7, 11) is 0. The van der Waals surface area contributed by atoms with Gasteiger partial charge in [-0.2, -0.15) is 0 Å². The van der Waals surface area contributed by atoms with E-state index < -0.39 is 47.9 Å². The van der Waals surface area contributed by atoms with E-state index in [0.29, 0.717) is 23.1 Å². The van der Waals surface area contributed by atoms with Crippen molar-refractivity contribution in [2.75, 3.05) is 0 Å². The van der Waals surface area contributed by atoms with Crippen molar-refractivity contribution in [1.29, 1.82) is 0 Å². The van der Waals surface area contributed by atoms with Crippen molar-refractivity contribution in [2.24, 2.45) is 0 Å². The molecule has 0 radical (unpaired) electrons. The van der Waals surface area contributed by atoms with E-state index in [2.05, 4.69) is 0 Å². The first-order chi connectivity index (χ1) is 17.8. The average molecular weight is 503 g/mol. The normalized spacial score (nSPS) is 23.6. The van der Waals surface area contributed by atoms with Gasteiger partial charge in [0.1, 0.15) is 18.3 Å². The van der Waals surface area contributed by atoms with Crippen molar-refractivity contribution < 1.29 is 33.3 Å². The Morgan fingerprint density at radius 1 is 0.784 bits per heavy atom. The molecule has 3 aromatic carbocycles. The van der Waals surface area contributed by atoms with Gasteiger partial charge in [0, 0.05) is 0 Å². The highest BCUT2D eigenvalue weighted by Gasteiger charge is 2.60. The Morgan fingerprint density at radius 2 is 1.24 bits per heavy atom. The fourth-order valence-corrected chi connectivity index (χ4v) is 4.54. The molecule has 1 heterocycles. The molecule has 0 saturated carbocycles. The Balaban J connectivity index is 1.64. The number of esters is 3. The van der Waals surface area contributed by atoms with E-state index in [1.165, 1.54) is 0 Å². The van der Waals surface area contributed by atoms with Crippen LogP contribution in [-0.4, -0.2) is 47.9 Å². The molecule has 7 heteroatoms. The first-order valence-corrected chi connectivity index (χ1v) is 12.3. The maximum absolute atomic E-state index is 13.1. The van der Waals surface area contributed by atoms with E-state index in [0.717, 1.165) is 0 Å². The average Bonchev–Trinajstić information content (AvgIpc) is 3.20. The minimum Gasteiger partial charge on any atom is -0.456 e. The lowest BCUT2D eigenvalue weighted by Gasteiger charge is -2.35. The van der Waals surface area contributed by atoms with Gasteiger partial charge in [-0.1, -0.05) is 61.5 Å². The molecule has 0 N–H and O–H groups in total. The Hall–Kier alpha value is -3.97. The van der Waals surface area contributed by atoms with E-state index in [1.54, 1.807) is 105 Å². The molecule has 1 saturated heterocycles.